The van der Waals surface area contributed by atoms with Gasteiger partial charge in [0.05, 0.1) is 24.0 Å². The molecular formula is C10H13N3O2S. The molecule has 0 amide bonds. The van der Waals surface area contributed by atoms with E-state index in [1.807, 2.05) is 13.0 Å². The number of hydrogen-bond acceptors (Lipinski definition) is 5. The number of nitrogens with zero attached hydrogens (tertiary/aromatic N) is 2. The molecule has 16 heavy (non-hydrogen) atoms. The third kappa shape index (κ3) is 2.12. The van der Waals surface area contributed by atoms with Crippen LogP contribution in [0.3, 0.4) is 0 Å². The zero-order chi connectivity index (χ0) is 11.5. The molecule has 0 saturated carbocycles. The average molecular weight is 239 g/mol. The number of rotatable bonds is 3. The van der Waals surface area contributed by atoms with Gasteiger partial charge in [-0.15, -0.1) is 0 Å². The third-order valence-electron chi connectivity index (χ3n) is 2.37. The van der Waals surface area contributed by atoms with Crippen molar-refractivity contribution in [2.24, 2.45) is 10.9 Å². The largest absolute Gasteiger partial charge is 0.409 e. The van der Waals surface area contributed by atoms with Gasteiger partial charge in [-0.05, 0) is 18.6 Å². The topological polar surface area (TPSA) is 80.7 Å². The summed E-state index contributed by atoms with van der Waals surface area (Å²) in [5, 5.41) is 13.0. The summed E-state index contributed by atoms with van der Waals surface area (Å²) in [5.41, 5.74) is 7.31. The van der Waals surface area contributed by atoms with Crippen molar-refractivity contribution < 1.29 is 9.94 Å². The van der Waals surface area contributed by atoms with Crippen molar-refractivity contribution in [3.63, 3.8) is 0 Å². The molecule has 0 atom stereocenters. The van der Waals surface area contributed by atoms with E-state index in [-0.39, 0.29) is 5.84 Å². The molecule has 86 valence electrons. The lowest BCUT2D eigenvalue weighted by atomic mass is 10.1. The van der Waals surface area contributed by atoms with Gasteiger partial charge in [0.15, 0.2) is 5.84 Å². The van der Waals surface area contributed by atoms with E-state index in [1.54, 1.807) is 18.0 Å². The molecule has 0 unspecified atom stereocenters. The minimum absolute atomic E-state index is 0.105. The molecule has 0 radical (unpaired) electrons. The molecule has 1 aromatic rings. The summed E-state index contributed by atoms with van der Waals surface area (Å²) in [4.78, 5) is 4.27. The molecule has 0 spiro atoms. The minimum atomic E-state index is 0.105. The lowest BCUT2D eigenvalue weighted by Gasteiger charge is -2.25. The Morgan fingerprint density at radius 3 is 3.00 bits per heavy atom. The second kappa shape index (κ2) is 4.71. The van der Waals surface area contributed by atoms with Gasteiger partial charge in [0, 0.05) is 6.20 Å². The Labute approximate surface area is 97.7 Å². The molecule has 0 aromatic carbocycles. The molecule has 1 fully saturated rings. The number of pyridine rings is 1. The van der Waals surface area contributed by atoms with Gasteiger partial charge in [0.25, 0.3) is 0 Å². The molecule has 1 aliphatic heterocycles. The standard InChI is InChI=1S/C10H13N3O2S/c1-6-2-3-12-10(8(6)9(11)13-14)16-7-4-15-5-7/h2-3,7,14H,4-5H2,1H3,(H2,11,13). The maximum Gasteiger partial charge on any atom is 0.173 e. The van der Waals surface area contributed by atoms with Crippen molar-refractivity contribution >= 4 is 17.6 Å². The van der Waals surface area contributed by atoms with Crippen molar-refractivity contribution in [2.45, 2.75) is 17.2 Å². The highest BCUT2D eigenvalue weighted by atomic mass is 32.2. The maximum atomic E-state index is 8.74. The fourth-order valence-corrected chi connectivity index (χ4v) is 2.57. The van der Waals surface area contributed by atoms with Crippen LogP contribution in [0.25, 0.3) is 0 Å². The van der Waals surface area contributed by atoms with Crippen molar-refractivity contribution in [1.82, 2.24) is 4.98 Å². The maximum absolute atomic E-state index is 8.74. The van der Waals surface area contributed by atoms with Gasteiger partial charge in [-0.3, -0.25) is 0 Å². The molecule has 1 aliphatic rings. The van der Waals surface area contributed by atoms with E-state index in [2.05, 4.69) is 10.1 Å². The average Bonchev–Trinajstić information content (AvgIpc) is 2.22. The fourth-order valence-electron chi connectivity index (χ4n) is 1.42. The monoisotopic (exact) mass is 239 g/mol. The van der Waals surface area contributed by atoms with E-state index < -0.39 is 0 Å². The van der Waals surface area contributed by atoms with E-state index in [1.165, 1.54) is 0 Å². The Morgan fingerprint density at radius 2 is 2.44 bits per heavy atom. The van der Waals surface area contributed by atoms with Crippen molar-refractivity contribution in [3.05, 3.63) is 23.4 Å². The highest BCUT2D eigenvalue weighted by Gasteiger charge is 2.23. The van der Waals surface area contributed by atoms with Crippen molar-refractivity contribution in [1.29, 1.82) is 0 Å². The molecule has 2 rings (SSSR count). The molecule has 1 saturated heterocycles. The lowest BCUT2D eigenvalue weighted by molar-refractivity contribution is 0.0454. The van der Waals surface area contributed by atoms with Gasteiger partial charge in [-0.2, -0.15) is 0 Å². The smallest absolute Gasteiger partial charge is 0.173 e. The number of amidine groups is 1. The summed E-state index contributed by atoms with van der Waals surface area (Å²) in [6.07, 6.45) is 1.73. The number of aryl methyl sites for hydroxylation is 1. The second-order valence-electron chi connectivity index (χ2n) is 3.57. The molecule has 1 aromatic heterocycles. The Hall–Kier alpha value is -1.27. The number of nitrogens with two attached hydrogens (primary N) is 1. The number of oxime groups is 1. The van der Waals surface area contributed by atoms with Crippen LogP contribution >= 0.6 is 11.8 Å². The molecule has 0 aliphatic carbocycles. The van der Waals surface area contributed by atoms with Gasteiger partial charge >= 0.3 is 0 Å². The van der Waals surface area contributed by atoms with Crippen molar-refractivity contribution in [3.8, 4) is 0 Å². The summed E-state index contributed by atoms with van der Waals surface area (Å²) < 4.78 is 5.10. The molecular weight excluding hydrogens is 226 g/mol. The Bertz CT molecular complexity index is 419. The molecule has 0 bridgehead atoms. The Balaban J connectivity index is 2.31. The first-order valence-corrected chi connectivity index (χ1v) is 5.78. The van der Waals surface area contributed by atoms with Crippen LogP contribution in [0.15, 0.2) is 22.4 Å². The van der Waals surface area contributed by atoms with E-state index in [4.69, 9.17) is 15.7 Å². The Morgan fingerprint density at radius 1 is 1.69 bits per heavy atom. The SMILES string of the molecule is Cc1ccnc(SC2COC2)c1/C(N)=N/O. The van der Waals surface area contributed by atoms with Crippen LogP contribution in [0, 0.1) is 6.92 Å². The summed E-state index contributed by atoms with van der Waals surface area (Å²) >= 11 is 1.61. The number of aromatic nitrogens is 1. The first-order chi connectivity index (χ1) is 7.72. The van der Waals surface area contributed by atoms with Gasteiger partial charge in [0.2, 0.25) is 0 Å². The van der Waals surface area contributed by atoms with Gasteiger partial charge in [-0.1, -0.05) is 16.9 Å². The van der Waals surface area contributed by atoms with E-state index in [9.17, 15) is 0 Å². The van der Waals surface area contributed by atoms with Crippen LogP contribution in [-0.2, 0) is 4.74 Å². The number of thioether (sulfide) groups is 1. The zero-order valence-electron chi connectivity index (χ0n) is 8.88. The van der Waals surface area contributed by atoms with Gasteiger partial charge in [-0.25, -0.2) is 4.98 Å². The van der Waals surface area contributed by atoms with Crippen LogP contribution in [0.1, 0.15) is 11.1 Å². The van der Waals surface area contributed by atoms with Crippen LogP contribution in [0.2, 0.25) is 0 Å². The molecule has 2 heterocycles. The highest BCUT2D eigenvalue weighted by molar-refractivity contribution is 8.00. The highest BCUT2D eigenvalue weighted by Crippen LogP contribution is 2.30. The quantitative estimate of drug-likeness (QED) is 0.355. The van der Waals surface area contributed by atoms with Crippen LogP contribution < -0.4 is 5.73 Å². The minimum Gasteiger partial charge on any atom is -0.409 e. The number of hydrogen-bond donors (Lipinski definition) is 2. The van der Waals surface area contributed by atoms with E-state index >= 15 is 0 Å². The van der Waals surface area contributed by atoms with Crippen LogP contribution in [0.4, 0.5) is 0 Å². The number of ether oxygens (including phenoxy) is 1. The predicted octanol–water partition coefficient (Wildman–Crippen LogP) is 0.975. The summed E-state index contributed by atoms with van der Waals surface area (Å²) in [5.74, 6) is 0.105. The van der Waals surface area contributed by atoms with E-state index in [0.717, 1.165) is 23.8 Å². The zero-order valence-corrected chi connectivity index (χ0v) is 9.70. The summed E-state index contributed by atoms with van der Waals surface area (Å²) in [6.45, 7) is 3.38. The Kier molecular flexibility index (Phi) is 3.31. The lowest BCUT2D eigenvalue weighted by Crippen LogP contribution is -2.30. The summed E-state index contributed by atoms with van der Waals surface area (Å²) in [7, 11) is 0. The molecule has 3 N–H and O–H groups in total. The normalized spacial score (nSPS) is 17.2. The fraction of sp³-hybridized carbons (Fsp3) is 0.400. The summed E-state index contributed by atoms with van der Waals surface area (Å²) in [6, 6.07) is 1.84. The van der Waals surface area contributed by atoms with Crippen molar-refractivity contribution in [2.75, 3.05) is 13.2 Å². The predicted molar refractivity (Wildman–Crippen MR) is 61.9 cm³/mol. The van der Waals surface area contributed by atoms with E-state index in [0.29, 0.717) is 10.8 Å². The van der Waals surface area contributed by atoms with Crippen LogP contribution in [0.5, 0.6) is 0 Å². The van der Waals surface area contributed by atoms with Gasteiger partial charge < -0.3 is 15.7 Å². The first kappa shape index (κ1) is 11.2. The first-order valence-electron chi connectivity index (χ1n) is 4.90. The third-order valence-corrected chi connectivity index (χ3v) is 3.51. The molecule has 5 nitrogen and oxygen atoms in total. The van der Waals surface area contributed by atoms with Gasteiger partial charge in [0.1, 0.15) is 5.03 Å². The van der Waals surface area contributed by atoms with Crippen LogP contribution in [-0.4, -0.2) is 34.5 Å². The molecule has 6 heteroatoms. The second-order valence-corrected chi connectivity index (χ2v) is 4.86.